The summed E-state index contributed by atoms with van der Waals surface area (Å²) >= 11 is 0. The van der Waals surface area contributed by atoms with Gasteiger partial charge in [-0.2, -0.15) is 0 Å². The Kier molecular flexibility index (Phi) is 12.8. The second kappa shape index (κ2) is 19.6. The van der Waals surface area contributed by atoms with E-state index in [0.717, 1.165) is 0 Å². The molecule has 0 heterocycles. The van der Waals surface area contributed by atoms with Crippen LogP contribution in [0, 0.1) is 55.4 Å². The zero-order valence-corrected chi connectivity index (χ0v) is 56.0. The zero-order valence-electron chi connectivity index (χ0n) is 56.0. The van der Waals surface area contributed by atoms with Crippen LogP contribution in [0.1, 0.15) is 150 Å². The molecule has 0 bridgehead atoms. The Labute approximate surface area is 524 Å². The van der Waals surface area contributed by atoms with Crippen molar-refractivity contribution in [1.82, 2.24) is 0 Å². The summed E-state index contributed by atoms with van der Waals surface area (Å²) in [6, 6.07) is 62.9. The number of hydrogen-bond donors (Lipinski definition) is 0. The number of fused-ring (bicyclic) bond motifs is 9. The lowest BCUT2D eigenvalue weighted by Gasteiger charge is -2.27. The lowest BCUT2D eigenvalue weighted by Crippen LogP contribution is -2.12. The van der Waals surface area contributed by atoms with Crippen molar-refractivity contribution in [3.63, 3.8) is 0 Å². The zero-order chi connectivity index (χ0) is 62.3. The van der Waals surface area contributed by atoms with Crippen LogP contribution in [0.2, 0.25) is 0 Å². The smallest absolute Gasteiger partial charge is 0.000720 e. The third-order valence-electron chi connectivity index (χ3n) is 20.5. The minimum absolute atomic E-state index is 0.00180. The molecule has 0 nitrogen and oxygen atoms in total. The van der Waals surface area contributed by atoms with E-state index in [2.05, 4.69) is 296 Å². The Morgan fingerprint density at radius 3 is 0.830 bits per heavy atom. The topological polar surface area (TPSA) is 0 Å². The maximum absolute atomic E-state index is 2.63. The molecule has 0 spiro atoms. The Morgan fingerprint density at radius 1 is 0.193 bits per heavy atom. The highest BCUT2D eigenvalue weighted by atomic mass is 14.4. The molecule has 438 valence electrons. The van der Waals surface area contributed by atoms with Gasteiger partial charge in [0.15, 0.2) is 0 Å². The predicted molar refractivity (Wildman–Crippen MR) is 385 cm³/mol. The molecule has 0 aromatic heterocycles. The minimum atomic E-state index is -0.00228. The summed E-state index contributed by atoms with van der Waals surface area (Å²) in [5.74, 6) is 0. The van der Waals surface area contributed by atoms with Gasteiger partial charge in [0.25, 0.3) is 0 Å². The van der Waals surface area contributed by atoms with Crippen LogP contribution < -0.4 is 0 Å². The van der Waals surface area contributed by atoms with Gasteiger partial charge in [-0.1, -0.05) is 223 Å². The summed E-state index contributed by atoms with van der Waals surface area (Å²) in [4.78, 5) is 0. The number of rotatable bonds is 5. The first kappa shape index (κ1) is 57.4. The maximum Gasteiger partial charge on any atom is -0.000720 e. The van der Waals surface area contributed by atoms with Gasteiger partial charge in [0.05, 0.1) is 0 Å². The average Bonchev–Trinajstić information content (AvgIpc) is 1.47. The van der Waals surface area contributed by atoms with E-state index < -0.39 is 0 Å². The molecule has 12 aromatic rings. The van der Waals surface area contributed by atoms with Gasteiger partial charge in [-0.25, -0.2) is 0 Å². The molecule has 0 atom stereocenters. The molecule has 2 aliphatic rings. The third kappa shape index (κ3) is 8.66. The van der Waals surface area contributed by atoms with E-state index in [-0.39, 0.29) is 21.7 Å². The van der Waals surface area contributed by atoms with Crippen LogP contribution in [0.4, 0.5) is 0 Å². The molecule has 0 amide bonds. The van der Waals surface area contributed by atoms with Crippen molar-refractivity contribution < 1.29 is 0 Å². The van der Waals surface area contributed by atoms with Gasteiger partial charge in [0.1, 0.15) is 0 Å². The highest BCUT2D eigenvalue weighted by Crippen LogP contribution is 2.64. The van der Waals surface area contributed by atoms with Gasteiger partial charge in [0, 0.05) is 0 Å². The second-order valence-electron chi connectivity index (χ2n) is 30.9. The fraction of sp³-hybridized carbons (Fsp3) is 0.273. The molecule has 14 rings (SSSR count). The Hall–Kier alpha value is -8.32. The molecular formula is C88H86. The van der Waals surface area contributed by atoms with Crippen molar-refractivity contribution in [3.05, 3.63) is 224 Å². The fourth-order valence-electron chi connectivity index (χ4n) is 16.1. The summed E-state index contributed by atoms with van der Waals surface area (Å²) in [5, 5.41) is 10.6. The number of hydrogen-bond acceptors (Lipinski definition) is 0. The summed E-state index contributed by atoms with van der Waals surface area (Å²) < 4.78 is 0. The molecule has 0 saturated heterocycles. The van der Waals surface area contributed by atoms with E-state index >= 15 is 0 Å². The first-order valence-corrected chi connectivity index (χ1v) is 32.3. The fourth-order valence-corrected chi connectivity index (χ4v) is 16.1. The molecule has 0 aliphatic heterocycles. The average molecular weight is 1140 g/mol. The van der Waals surface area contributed by atoms with Crippen LogP contribution in [0.3, 0.4) is 0 Å². The van der Waals surface area contributed by atoms with Crippen molar-refractivity contribution >= 4 is 43.1 Å². The third-order valence-corrected chi connectivity index (χ3v) is 20.5. The number of benzene rings is 12. The predicted octanol–water partition coefficient (Wildman–Crippen LogP) is 25.6. The summed E-state index contributed by atoms with van der Waals surface area (Å²) in [7, 11) is 0. The van der Waals surface area contributed by atoms with Gasteiger partial charge in [0.2, 0.25) is 0 Å². The molecule has 2 aliphatic carbocycles. The molecule has 0 unspecified atom stereocenters. The first-order valence-electron chi connectivity index (χ1n) is 32.3. The van der Waals surface area contributed by atoms with Crippen LogP contribution in [0.5, 0.6) is 0 Å². The van der Waals surface area contributed by atoms with Crippen LogP contribution in [0.25, 0.3) is 143 Å². The molecule has 12 aromatic carbocycles. The van der Waals surface area contributed by atoms with E-state index in [1.807, 2.05) is 0 Å². The SMILES string of the molecule is Cc1cc(C(C)(C)C)cc(C)c1-c1c2c(c(-c3c(C)cc(C(C)(C)C)cc3C)c3cc(-c4ccccc4)ccc13)-c1ccc3c4c(ccc-2c14)-c1cc2c(-c4c(C)cc(C(C)(C)C)cc4C)c4ccccc4c(-c4c(C)cc(C(C)(C)C)cc4C)c2cc1-3. The molecule has 0 N–H and O–H groups in total. The maximum atomic E-state index is 2.63. The quantitative estimate of drug-likeness (QED) is 0.151. The van der Waals surface area contributed by atoms with E-state index in [1.54, 1.807) is 0 Å². The van der Waals surface area contributed by atoms with Crippen LogP contribution >= 0.6 is 0 Å². The van der Waals surface area contributed by atoms with Gasteiger partial charge in [-0.3, -0.25) is 0 Å². The van der Waals surface area contributed by atoms with Crippen molar-refractivity contribution in [3.8, 4) is 100 Å². The first-order chi connectivity index (χ1) is 41.5. The second-order valence-corrected chi connectivity index (χ2v) is 30.9. The van der Waals surface area contributed by atoms with Crippen LogP contribution in [-0.4, -0.2) is 0 Å². The van der Waals surface area contributed by atoms with Gasteiger partial charge in [-0.05, 0) is 305 Å². The van der Waals surface area contributed by atoms with Crippen molar-refractivity contribution in [2.45, 2.75) is 160 Å². The largest absolute Gasteiger partial charge is 0.0622 e. The standard InChI is InChI=1S/C88H86/c1-47-36-57(85(9,10)11)37-48(2)73(47)78-61-28-24-25-29-62(61)79(74-49(3)38-58(39-50(74)4)86(12,13)14)72-46-69-64-33-35-67-80-66(34-32-63(77(64)80)68(69)45-71(72)78)82-81(75-51(5)40-59(41-52(75)6)87(15,16)17)65-31-30-56(55-26-22-21-23-27-55)44-70(65)84(83(67)82)76-53(7)42-60(43-54(76)8)88(18,19)20/h21-46H,1-20H3. The van der Waals surface area contributed by atoms with E-state index in [0.29, 0.717) is 0 Å². The minimum Gasteiger partial charge on any atom is -0.0622 e. The van der Waals surface area contributed by atoms with Crippen LogP contribution in [0.15, 0.2) is 158 Å². The van der Waals surface area contributed by atoms with E-state index in [4.69, 9.17) is 0 Å². The Balaban J connectivity index is 1.14. The normalized spacial score (nSPS) is 13.0. The van der Waals surface area contributed by atoms with E-state index in [9.17, 15) is 0 Å². The molecular weight excluding hydrogens is 1060 g/mol. The highest BCUT2D eigenvalue weighted by Gasteiger charge is 2.37. The molecule has 0 radical (unpaired) electrons. The van der Waals surface area contributed by atoms with Gasteiger partial charge < -0.3 is 0 Å². The lowest BCUT2D eigenvalue weighted by atomic mass is 9.76. The summed E-state index contributed by atoms with van der Waals surface area (Å²) in [6.45, 7) is 47.0. The molecule has 88 heavy (non-hydrogen) atoms. The van der Waals surface area contributed by atoms with Crippen molar-refractivity contribution in [2.24, 2.45) is 0 Å². The molecule has 0 saturated carbocycles. The Morgan fingerprint density at radius 2 is 0.477 bits per heavy atom. The number of aryl methyl sites for hydroxylation is 8. The highest BCUT2D eigenvalue weighted by molar-refractivity contribution is 6.34. The summed E-state index contributed by atoms with van der Waals surface area (Å²) in [5.41, 5.74) is 39.9. The van der Waals surface area contributed by atoms with Crippen molar-refractivity contribution in [1.29, 1.82) is 0 Å². The van der Waals surface area contributed by atoms with Gasteiger partial charge >= 0.3 is 0 Å². The van der Waals surface area contributed by atoms with E-state index in [1.165, 1.54) is 210 Å². The van der Waals surface area contributed by atoms with Gasteiger partial charge in [-0.15, -0.1) is 0 Å². The monoisotopic (exact) mass is 1140 g/mol. The van der Waals surface area contributed by atoms with Crippen molar-refractivity contribution in [2.75, 3.05) is 0 Å². The Bertz CT molecular complexity index is 4800. The summed E-state index contributed by atoms with van der Waals surface area (Å²) in [6.07, 6.45) is 0. The molecule has 0 fully saturated rings. The molecule has 0 heteroatoms. The lowest BCUT2D eigenvalue weighted by molar-refractivity contribution is 0.589. The van der Waals surface area contributed by atoms with Crippen LogP contribution in [-0.2, 0) is 21.7 Å².